The van der Waals surface area contributed by atoms with Crippen molar-refractivity contribution < 1.29 is 14.3 Å². The Labute approximate surface area is 154 Å². The molecule has 0 atom stereocenters. The standard InChI is InChI=1S/C21H24N2O3/c24-20(16-26-15-17-9-3-1-4-10-17)22-19-12-6-5-11-18(19)21(25)23-13-7-2-8-14-23/h1,3-6,9-12H,2,7-8,13-16H2,(H,22,24). The van der Waals surface area contributed by atoms with Crippen molar-refractivity contribution in [2.24, 2.45) is 0 Å². The molecule has 1 N–H and O–H groups in total. The van der Waals surface area contributed by atoms with Gasteiger partial charge in [-0.05, 0) is 37.0 Å². The fourth-order valence-corrected chi connectivity index (χ4v) is 3.07. The van der Waals surface area contributed by atoms with E-state index in [0.29, 0.717) is 17.9 Å². The van der Waals surface area contributed by atoms with Crippen molar-refractivity contribution in [1.82, 2.24) is 4.90 Å². The number of amides is 2. The lowest BCUT2D eigenvalue weighted by Crippen LogP contribution is -2.36. The predicted molar refractivity (Wildman–Crippen MR) is 101 cm³/mol. The Hall–Kier alpha value is -2.66. The molecule has 1 fully saturated rings. The quantitative estimate of drug-likeness (QED) is 0.866. The van der Waals surface area contributed by atoms with Gasteiger partial charge in [-0.1, -0.05) is 42.5 Å². The van der Waals surface area contributed by atoms with Gasteiger partial charge in [-0.3, -0.25) is 9.59 Å². The molecule has 0 saturated carbocycles. The zero-order valence-electron chi connectivity index (χ0n) is 14.8. The summed E-state index contributed by atoms with van der Waals surface area (Å²) in [6.45, 7) is 1.88. The number of anilines is 1. The number of carbonyl (C=O) groups is 2. The third-order valence-electron chi connectivity index (χ3n) is 4.42. The fourth-order valence-electron chi connectivity index (χ4n) is 3.07. The fraction of sp³-hybridized carbons (Fsp3) is 0.333. The van der Waals surface area contributed by atoms with Crippen molar-refractivity contribution in [2.75, 3.05) is 25.0 Å². The van der Waals surface area contributed by atoms with Crippen molar-refractivity contribution in [3.8, 4) is 0 Å². The normalized spacial score (nSPS) is 14.1. The third-order valence-corrected chi connectivity index (χ3v) is 4.42. The highest BCUT2D eigenvalue weighted by molar-refractivity contribution is 6.04. The number of nitrogens with one attached hydrogen (secondary N) is 1. The highest BCUT2D eigenvalue weighted by Gasteiger charge is 2.21. The summed E-state index contributed by atoms with van der Waals surface area (Å²) in [7, 11) is 0. The molecule has 0 aromatic heterocycles. The molecule has 1 saturated heterocycles. The van der Waals surface area contributed by atoms with Crippen molar-refractivity contribution in [2.45, 2.75) is 25.9 Å². The first kappa shape index (κ1) is 18.1. The maximum atomic E-state index is 12.7. The van der Waals surface area contributed by atoms with E-state index in [9.17, 15) is 9.59 Å². The van der Waals surface area contributed by atoms with Crippen LogP contribution in [-0.2, 0) is 16.1 Å². The Kier molecular flexibility index (Phi) is 6.39. The molecule has 1 aliphatic rings. The number of piperidine rings is 1. The smallest absolute Gasteiger partial charge is 0.255 e. The van der Waals surface area contributed by atoms with Gasteiger partial charge in [-0.25, -0.2) is 0 Å². The molecule has 0 aliphatic carbocycles. The van der Waals surface area contributed by atoms with Gasteiger partial charge in [0.05, 0.1) is 17.9 Å². The first-order valence-electron chi connectivity index (χ1n) is 9.04. The third kappa shape index (κ3) is 4.92. The predicted octanol–water partition coefficient (Wildman–Crippen LogP) is 3.47. The van der Waals surface area contributed by atoms with Gasteiger partial charge in [0.15, 0.2) is 0 Å². The summed E-state index contributed by atoms with van der Waals surface area (Å²) in [5.41, 5.74) is 2.09. The van der Waals surface area contributed by atoms with Crippen LogP contribution >= 0.6 is 0 Å². The van der Waals surface area contributed by atoms with Crippen LogP contribution in [0.3, 0.4) is 0 Å². The van der Waals surface area contributed by atoms with E-state index in [0.717, 1.165) is 31.5 Å². The number of para-hydroxylation sites is 1. The minimum Gasteiger partial charge on any atom is -0.367 e. The molecule has 2 amide bonds. The molecular weight excluding hydrogens is 328 g/mol. The Morgan fingerprint density at radius 1 is 0.923 bits per heavy atom. The Bertz CT molecular complexity index is 740. The van der Waals surface area contributed by atoms with Gasteiger partial charge >= 0.3 is 0 Å². The monoisotopic (exact) mass is 352 g/mol. The van der Waals surface area contributed by atoms with Crippen molar-refractivity contribution in [3.05, 3.63) is 65.7 Å². The van der Waals surface area contributed by atoms with Crippen LogP contribution in [0, 0.1) is 0 Å². The molecule has 5 nitrogen and oxygen atoms in total. The number of hydrogen-bond acceptors (Lipinski definition) is 3. The summed E-state index contributed by atoms with van der Waals surface area (Å²) < 4.78 is 5.46. The number of carbonyl (C=O) groups excluding carboxylic acids is 2. The highest BCUT2D eigenvalue weighted by atomic mass is 16.5. The molecule has 0 spiro atoms. The van der Waals surface area contributed by atoms with E-state index in [4.69, 9.17) is 4.74 Å². The minimum atomic E-state index is -0.264. The van der Waals surface area contributed by atoms with Crippen LogP contribution in [-0.4, -0.2) is 36.4 Å². The second kappa shape index (κ2) is 9.15. The number of ether oxygens (including phenoxy) is 1. The van der Waals surface area contributed by atoms with Gasteiger partial charge in [0.1, 0.15) is 6.61 Å². The summed E-state index contributed by atoms with van der Waals surface area (Å²) in [6.07, 6.45) is 3.24. The van der Waals surface area contributed by atoms with Gasteiger partial charge in [-0.2, -0.15) is 0 Å². The topological polar surface area (TPSA) is 58.6 Å². The molecular formula is C21H24N2O3. The SMILES string of the molecule is O=C(COCc1ccccc1)Nc1ccccc1C(=O)N1CCCCC1. The van der Waals surface area contributed by atoms with Crippen molar-refractivity contribution in [3.63, 3.8) is 0 Å². The van der Waals surface area contributed by atoms with Gasteiger partial charge in [0, 0.05) is 13.1 Å². The van der Waals surface area contributed by atoms with E-state index in [1.165, 1.54) is 6.42 Å². The first-order chi connectivity index (χ1) is 12.7. The second-order valence-electron chi connectivity index (χ2n) is 6.43. The van der Waals surface area contributed by atoms with E-state index >= 15 is 0 Å². The average Bonchev–Trinajstić information content (AvgIpc) is 2.69. The molecule has 3 rings (SSSR count). The van der Waals surface area contributed by atoms with Crippen LogP contribution < -0.4 is 5.32 Å². The highest BCUT2D eigenvalue weighted by Crippen LogP contribution is 2.20. The number of likely N-dealkylation sites (tertiary alicyclic amines) is 1. The summed E-state index contributed by atoms with van der Waals surface area (Å²) in [5, 5.41) is 2.81. The van der Waals surface area contributed by atoms with Crippen LogP contribution in [0.5, 0.6) is 0 Å². The number of nitrogens with zero attached hydrogens (tertiary/aromatic N) is 1. The van der Waals surface area contributed by atoms with E-state index in [2.05, 4.69) is 5.32 Å². The van der Waals surface area contributed by atoms with E-state index in [1.807, 2.05) is 47.4 Å². The zero-order valence-corrected chi connectivity index (χ0v) is 14.8. The Morgan fingerprint density at radius 2 is 1.62 bits per heavy atom. The summed E-state index contributed by atoms with van der Waals surface area (Å²) in [5.74, 6) is -0.286. The van der Waals surface area contributed by atoms with Crippen LogP contribution in [0.1, 0.15) is 35.2 Å². The molecule has 5 heteroatoms. The molecule has 26 heavy (non-hydrogen) atoms. The molecule has 136 valence electrons. The Balaban J connectivity index is 1.57. The lowest BCUT2D eigenvalue weighted by atomic mass is 10.1. The van der Waals surface area contributed by atoms with E-state index < -0.39 is 0 Å². The lowest BCUT2D eigenvalue weighted by molar-refractivity contribution is -0.121. The minimum absolute atomic E-state index is 0.0224. The summed E-state index contributed by atoms with van der Waals surface area (Å²) >= 11 is 0. The van der Waals surface area contributed by atoms with Gasteiger partial charge in [-0.15, -0.1) is 0 Å². The first-order valence-corrected chi connectivity index (χ1v) is 9.04. The largest absolute Gasteiger partial charge is 0.367 e. The van der Waals surface area contributed by atoms with Crippen LogP contribution in [0.4, 0.5) is 5.69 Å². The zero-order chi connectivity index (χ0) is 18.2. The maximum Gasteiger partial charge on any atom is 0.255 e. The van der Waals surface area contributed by atoms with Gasteiger partial charge < -0.3 is 15.0 Å². The van der Waals surface area contributed by atoms with Gasteiger partial charge in [0.25, 0.3) is 5.91 Å². The maximum absolute atomic E-state index is 12.7. The van der Waals surface area contributed by atoms with Crippen LogP contribution in [0.25, 0.3) is 0 Å². The number of rotatable bonds is 6. The average molecular weight is 352 g/mol. The lowest BCUT2D eigenvalue weighted by Gasteiger charge is -2.27. The molecule has 0 radical (unpaired) electrons. The molecule has 0 unspecified atom stereocenters. The van der Waals surface area contributed by atoms with E-state index in [1.54, 1.807) is 12.1 Å². The molecule has 2 aromatic rings. The summed E-state index contributed by atoms with van der Waals surface area (Å²) in [4.78, 5) is 26.8. The molecule has 0 bridgehead atoms. The molecule has 1 heterocycles. The van der Waals surface area contributed by atoms with E-state index in [-0.39, 0.29) is 18.4 Å². The van der Waals surface area contributed by atoms with Gasteiger partial charge in [0.2, 0.25) is 5.91 Å². The second-order valence-corrected chi connectivity index (χ2v) is 6.43. The van der Waals surface area contributed by atoms with Crippen molar-refractivity contribution >= 4 is 17.5 Å². The number of hydrogen-bond donors (Lipinski definition) is 1. The molecule has 2 aromatic carbocycles. The van der Waals surface area contributed by atoms with Crippen LogP contribution in [0.15, 0.2) is 54.6 Å². The van der Waals surface area contributed by atoms with Crippen LogP contribution in [0.2, 0.25) is 0 Å². The number of benzene rings is 2. The summed E-state index contributed by atoms with van der Waals surface area (Å²) in [6, 6.07) is 16.8. The van der Waals surface area contributed by atoms with Crippen molar-refractivity contribution in [1.29, 1.82) is 0 Å². The Morgan fingerprint density at radius 3 is 2.38 bits per heavy atom. The molecule has 1 aliphatic heterocycles.